The van der Waals surface area contributed by atoms with Crippen LogP contribution in [0.15, 0.2) is 17.3 Å². The number of pyridine rings is 1. The summed E-state index contributed by atoms with van der Waals surface area (Å²) in [7, 11) is 0. The number of oxime groups is 1. The van der Waals surface area contributed by atoms with E-state index in [1.807, 2.05) is 26.0 Å². The van der Waals surface area contributed by atoms with Gasteiger partial charge in [0.15, 0.2) is 12.4 Å². The highest BCUT2D eigenvalue weighted by molar-refractivity contribution is 5.67. The van der Waals surface area contributed by atoms with E-state index in [2.05, 4.69) is 33.2 Å². The molecule has 1 aliphatic rings. The zero-order chi connectivity index (χ0) is 11.1. The van der Waals surface area contributed by atoms with Gasteiger partial charge in [0.2, 0.25) is 0 Å². The van der Waals surface area contributed by atoms with Gasteiger partial charge in [0.05, 0.1) is 11.4 Å². The third-order valence-corrected chi connectivity index (χ3v) is 1.63. The minimum absolute atomic E-state index is 0.332. The summed E-state index contributed by atoms with van der Waals surface area (Å²) < 4.78 is 0. The zero-order valence-corrected chi connectivity index (χ0v) is 8.87. The van der Waals surface area contributed by atoms with Gasteiger partial charge in [0, 0.05) is 6.72 Å². The van der Waals surface area contributed by atoms with Gasteiger partial charge in [-0.25, -0.2) is 4.98 Å². The average Bonchev–Trinajstić information content (AvgIpc) is 2.76. The van der Waals surface area contributed by atoms with E-state index in [-0.39, 0.29) is 0 Å². The maximum absolute atomic E-state index is 4.76. The van der Waals surface area contributed by atoms with Gasteiger partial charge in [-0.05, 0) is 12.1 Å². The molecule has 0 atom stereocenters. The fourth-order valence-corrected chi connectivity index (χ4v) is 1.05. The second-order valence-corrected chi connectivity index (χ2v) is 2.48. The van der Waals surface area contributed by atoms with E-state index in [1.54, 1.807) is 0 Å². The number of hydrogen-bond acceptors (Lipinski definition) is 6. The summed E-state index contributed by atoms with van der Waals surface area (Å²) in [6.45, 7) is 7.54. The van der Waals surface area contributed by atoms with Crippen molar-refractivity contribution >= 4 is 18.2 Å². The van der Waals surface area contributed by atoms with Crippen LogP contribution in [0.2, 0.25) is 0 Å². The van der Waals surface area contributed by atoms with Crippen LogP contribution in [0.25, 0.3) is 0 Å². The highest BCUT2D eigenvalue weighted by Gasteiger charge is 2.10. The second kappa shape index (κ2) is 5.82. The van der Waals surface area contributed by atoms with E-state index in [0.717, 1.165) is 17.2 Å². The normalized spacial score (nSPS) is 11.3. The second-order valence-electron chi connectivity index (χ2n) is 2.48. The Morgan fingerprint density at radius 3 is 2.93 bits per heavy atom. The smallest absolute Gasteiger partial charge is 0.166 e. The Morgan fingerprint density at radius 1 is 1.40 bits per heavy atom. The fourth-order valence-electron chi connectivity index (χ4n) is 1.05. The Kier molecular flexibility index (Phi) is 4.36. The molecule has 0 unspecified atom stereocenters. The Labute approximate surface area is 88.7 Å². The van der Waals surface area contributed by atoms with Crippen LogP contribution < -0.4 is 16.4 Å². The molecule has 2 rings (SSSR count). The van der Waals surface area contributed by atoms with Gasteiger partial charge in [0.1, 0.15) is 0 Å². The number of fused-ring (bicyclic) bond motifs is 1. The predicted molar refractivity (Wildman–Crippen MR) is 60.3 cm³/mol. The van der Waals surface area contributed by atoms with E-state index in [4.69, 9.17) is 4.84 Å². The largest absolute Gasteiger partial charge is 0.390 e. The van der Waals surface area contributed by atoms with Crippen molar-refractivity contribution in [3.63, 3.8) is 0 Å². The first-order valence-corrected chi connectivity index (χ1v) is 4.75. The van der Waals surface area contributed by atoms with Gasteiger partial charge in [-0.15, -0.1) is 10.7 Å². The van der Waals surface area contributed by atoms with Crippen molar-refractivity contribution in [2.75, 3.05) is 10.9 Å². The molecule has 6 nitrogen and oxygen atoms in total. The van der Waals surface area contributed by atoms with Crippen LogP contribution in [0, 0.1) is 0 Å². The van der Waals surface area contributed by atoms with Gasteiger partial charge in [-0.3, -0.25) is 5.43 Å². The zero-order valence-electron chi connectivity index (χ0n) is 8.87. The molecule has 82 valence electrons. The molecule has 0 spiro atoms. The third kappa shape index (κ3) is 2.81. The lowest BCUT2D eigenvalue weighted by Crippen LogP contribution is -2.19. The van der Waals surface area contributed by atoms with Crippen molar-refractivity contribution in [1.82, 2.24) is 10.5 Å². The SMILES string of the molecule is C=NOCc1ccc2c(n1)NNN2.CC. The maximum Gasteiger partial charge on any atom is 0.166 e. The van der Waals surface area contributed by atoms with E-state index >= 15 is 0 Å². The quantitative estimate of drug-likeness (QED) is 0.520. The number of nitrogens with one attached hydrogen (secondary N) is 3. The molecule has 2 heterocycles. The van der Waals surface area contributed by atoms with Gasteiger partial charge in [-0.2, -0.15) is 0 Å². The van der Waals surface area contributed by atoms with Gasteiger partial charge in [0.25, 0.3) is 0 Å². The highest BCUT2D eigenvalue weighted by Crippen LogP contribution is 2.21. The molecule has 1 aliphatic heterocycles. The van der Waals surface area contributed by atoms with Crippen LogP contribution in [0.3, 0.4) is 0 Å². The third-order valence-electron chi connectivity index (χ3n) is 1.63. The Morgan fingerprint density at radius 2 is 2.20 bits per heavy atom. The molecule has 0 amide bonds. The monoisotopic (exact) mass is 209 g/mol. The molecule has 6 heteroatoms. The summed E-state index contributed by atoms with van der Waals surface area (Å²) in [4.78, 5) is 9.00. The molecule has 3 N–H and O–H groups in total. The molecule has 0 fully saturated rings. The molecule has 0 bridgehead atoms. The maximum atomic E-state index is 4.76. The van der Waals surface area contributed by atoms with Crippen LogP contribution in [0.5, 0.6) is 0 Å². The first kappa shape index (κ1) is 11.3. The number of rotatable bonds is 3. The summed E-state index contributed by atoms with van der Waals surface area (Å²) in [6.07, 6.45) is 0. The van der Waals surface area contributed by atoms with Crippen LogP contribution in [0.1, 0.15) is 19.5 Å². The topological polar surface area (TPSA) is 70.6 Å². The van der Waals surface area contributed by atoms with Crippen molar-refractivity contribution in [2.45, 2.75) is 20.5 Å². The number of anilines is 2. The molecule has 0 aromatic carbocycles. The molecule has 0 aliphatic carbocycles. The number of nitrogens with zero attached hydrogens (tertiary/aromatic N) is 2. The molecule has 0 radical (unpaired) electrons. The molecule has 0 saturated heterocycles. The minimum atomic E-state index is 0.332. The molecule has 1 aromatic heterocycles. The lowest BCUT2D eigenvalue weighted by atomic mass is 10.3. The Hall–Kier alpha value is -1.82. The van der Waals surface area contributed by atoms with Gasteiger partial charge < -0.3 is 10.3 Å². The van der Waals surface area contributed by atoms with Gasteiger partial charge >= 0.3 is 0 Å². The Bertz CT molecular complexity index is 328. The summed E-state index contributed by atoms with van der Waals surface area (Å²) >= 11 is 0. The number of aromatic nitrogens is 1. The summed E-state index contributed by atoms with van der Waals surface area (Å²) in [5, 5.41) is 3.28. The summed E-state index contributed by atoms with van der Waals surface area (Å²) in [5.41, 5.74) is 10.2. The van der Waals surface area contributed by atoms with Crippen molar-refractivity contribution in [2.24, 2.45) is 5.16 Å². The Balaban J connectivity index is 0.000000531. The van der Waals surface area contributed by atoms with Crippen molar-refractivity contribution < 1.29 is 4.84 Å². The van der Waals surface area contributed by atoms with Crippen molar-refractivity contribution in [3.05, 3.63) is 17.8 Å². The predicted octanol–water partition coefficient (Wildman–Crippen LogP) is 1.50. The van der Waals surface area contributed by atoms with Crippen LogP contribution in [-0.2, 0) is 11.4 Å². The van der Waals surface area contributed by atoms with E-state index in [1.165, 1.54) is 0 Å². The molecular formula is C9H15N5O. The summed E-state index contributed by atoms with van der Waals surface area (Å²) in [5.74, 6) is 0.755. The molecule has 15 heavy (non-hydrogen) atoms. The van der Waals surface area contributed by atoms with Crippen molar-refractivity contribution in [3.8, 4) is 0 Å². The lowest BCUT2D eigenvalue weighted by molar-refractivity contribution is 0.130. The van der Waals surface area contributed by atoms with Crippen LogP contribution >= 0.6 is 0 Å². The average molecular weight is 209 g/mol. The van der Waals surface area contributed by atoms with E-state index in [9.17, 15) is 0 Å². The number of hydrazine groups is 2. The number of hydrogen-bond donors (Lipinski definition) is 3. The van der Waals surface area contributed by atoms with Gasteiger partial charge in [-0.1, -0.05) is 13.8 Å². The fraction of sp³-hybridized carbons (Fsp3) is 0.333. The van der Waals surface area contributed by atoms with Crippen molar-refractivity contribution in [1.29, 1.82) is 0 Å². The molecular weight excluding hydrogens is 194 g/mol. The minimum Gasteiger partial charge on any atom is -0.390 e. The highest BCUT2D eigenvalue weighted by atomic mass is 16.6. The molecule has 0 saturated carbocycles. The van der Waals surface area contributed by atoms with Crippen LogP contribution in [-0.4, -0.2) is 11.7 Å². The molecule has 1 aromatic rings. The standard InChI is InChI=1S/C7H9N5O.C2H6/c1-8-13-4-5-2-3-6-7(9-5)11-12-10-6;1-2/h2-3,10,12H,1,4H2,(H,9,11);1-2H3. The van der Waals surface area contributed by atoms with E-state index < -0.39 is 0 Å². The first-order chi connectivity index (χ1) is 7.40. The van der Waals surface area contributed by atoms with E-state index in [0.29, 0.717) is 6.61 Å². The lowest BCUT2D eigenvalue weighted by Gasteiger charge is -2.00. The van der Waals surface area contributed by atoms with Crippen LogP contribution in [0.4, 0.5) is 11.5 Å². The summed E-state index contributed by atoms with van der Waals surface area (Å²) in [6, 6.07) is 3.75. The first-order valence-electron chi connectivity index (χ1n) is 4.75.